The Morgan fingerprint density at radius 2 is 1.89 bits per heavy atom. The predicted octanol–water partition coefficient (Wildman–Crippen LogP) is 2.25. The number of benzene rings is 1. The zero-order chi connectivity index (χ0) is 13.1. The lowest BCUT2D eigenvalue weighted by molar-refractivity contribution is 0.0993. The smallest absolute Gasteiger partial charge is 0.258 e. The van der Waals surface area contributed by atoms with Crippen LogP contribution >= 0.6 is 0 Å². The van der Waals surface area contributed by atoms with Crippen molar-refractivity contribution in [1.29, 1.82) is 0 Å². The number of carbonyl (C=O) groups is 1. The van der Waals surface area contributed by atoms with Gasteiger partial charge in [0.05, 0.1) is 0 Å². The van der Waals surface area contributed by atoms with E-state index in [2.05, 4.69) is 4.98 Å². The lowest BCUT2D eigenvalue weighted by Gasteiger charge is -2.17. The quantitative estimate of drug-likeness (QED) is 0.820. The Morgan fingerprint density at radius 1 is 1.22 bits per heavy atom. The third kappa shape index (κ3) is 2.48. The Hall–Kier alpha value is -2.36. The van der Waals surface area contributed by atoms with Crippen molar-refractivity contribution in [3.8, 4) is 0 Å². The molecule has 1 heterocycles. The molecule has 0 saturated carbocycles. The summed E-state index contributed by atoms with van der Waals surface area (Å²) in [7, 11) is 1.74. The standard InChI is InChI=1S/C14H15N3O/c1-10-9-11(7-8-16-10)14(18)17(2)13-5-3-12(15)4-6-13/h3-9H,15H2,1-2H3. The molecular formula is C14H15N3O. The molecule has 1 aromatic heterocycles. The van der Waals surface area contributed by atoms with Gasteiger partial charge in [0.1, 0.15) is 0 Å². The van der Waals surface area contributed by atoms with Crippen molar-refractivity contribution in [1.82, 2.24) is 4.98 Å². The molecule has 2 rings (SSSR count). The number of amides is 1. The molecule has 18 heavy (non-hydrogen) atoms. The largest absolute Gasteiger partial charge is 0.399 e. The molecule has 4 heteroatoms. The van der Waals surface area contributed by atoms with E-state index in [9.17, 15) is 4.79 Å². The number of rotatable bonds is 2. The summed E-state index contributed by atoms with van der Waals surface area (Å²) in [6.07, 6.45) is 1.64. The van der Waals surface area contributed by atoms with Gasteiger partial charge in [-0.15, -0.1) is 0 Å². The Kier molecular flexibility index (Phi) is 3.28. The van der Waals surface area contributed by atoms with Gasteiger partial charge in [0, 0.05) is 35.9 Å². The van der Waals surface area contributed by atoms with Crippen LogP contribution in [-0.4, -0.2) is 17.9 Å². The zero-order valence-electron chi connectivity index (χ0n) is 10.4. The Morgan fingerprint density at radius 3 is 2.50 bits per heavy atom. The van der Waals surface area contributed by atoms with Crippen molar-refractivity contribution in [2.45, 2.75) is 6.92 Å². The third-order valence-corrected chi connectivity index (χ3v) is 2.73. The fourth-order valence-electron chi connectivity index (χ4n) is 1.69. The number of anilines is 2. The van der Waals surface area contributed by atoms with E-state index in [0.29, 0.717) is 11.3 Å². The van der Waals surface area contributed by atoms with Crippen LogP contribution in [0.15, 0.2) is 42.6 Å². The summed E-state index contributed by atoms with van der Waals surface area (Å²) >= 11 is 0. The molecule has 0 bridgehead atoms. The summed E-state index contributed by atoms with van der Waals surface area (Å²) in [6.45, 7) is 1.86. The van der Waals surface area contributed by atoms with Gasteiger partial charge >= 0.3 is 0 Å². The minimum absolute atomic E-state index is 0.0646. The molecular weight excluding hydrogens is 226 g/mol. The van der Waals surface area contributed by atoms with E-state index in [1.165, 1.54) is 0 Å². The second-order valence-corrected chi connectivity index (χ2v) is 4.14. The maximum absolute atomic E-state index is 12.2. The van der Waals surface area contributed by atoms with Gasteiger partial charge in [-0.3, -0.25) is 9.78 Å². The molecule has 0 atom stereocenters. The highest BCUT2D eigenvalue weighted by atomic mass is 16.2. The molecule has 92 valence electrons. The molecule has 0 saturated heterocycles. The van der Waals surface area contributed by atoms with E-state index in [-0.39, 0.29) is 5.91 Å². The maximum atomic E-state index is 12.2. The topological polar surface area (TPSA) is 59.2 Å². The van der Waals surface area contributed by atoms with E-state index in [0.717, 1.165) is 11.4 Å². The van der Waals surface area contributed by atoms with Crippen LogP contribution in [0.3, 0.4) is 0 Å². The number of aryl methyl sites for hydroxylation is 1. The molecule has 0 aliphatic rings. The van der Waals surface area contributed by atoms with Gasteiger partial charge < -0.3 is 10.6 Å². The van der Waals surface area contributed by atoms with Crippen molar-refractivity contribution in [2.24, 2.45) is 0 Å². The van der Waals surface area contributed by atoms with Gasteiger partial charge in [-0.05, 0) is 43.3 Å². The van der Waals surface area contributed by atoms with E-state index in [1.807, 2.05) is 19.1 Å². The van der Waals surface area contributed by atoms with Gasteiger partial charge in [-0.2, -0.15) is 0 Å². The maximum Gasteiger partial charge on any atom is 0.258 e. The summed E-state index contributed by atoms with van der Waals surface area (Å²) < 4.78 is 0. The molecule has 0 radical (unpaired) electrons. The second-order valence-electron chi connectivity index (χ2n) is 4.14. The summed E-state index contributed by atoms with van der Waals surface area (Å²) in [5.74, 6) is -0.0646. The van der Waals surface area contributed by atoms with Crippen molar-refractivity contribution >= 4 is 17.3 Å². The fraction of sp³-hybridized carbons (Fsp3) is 0.143. The summed E-state index contributed by atoms with van der Waals surface area (Å²) in [6, 6.07) is 10.7. The van der Waals surface area contributed by atoms with Crippen molar-refractivity contribution in [2.75, 3.05) is 17.7 Å². The monoisotopic (exact) mass is 241 g/mol. The van der Waals surface area contributed by atoms with Crippen LogP contribution in [0.2, 0.25) is 0 Å². The molecule has 2 N–H and O–H groups in total. The number of nitrogens with two attached hydrogens (primary N) is 1. The number of pyridine rings is 1. The number of hydrogen-bond acceptors (Lipinski definition) is 3. The van der Waals surface area contributed by atoms with Crippen LogP contribution in [0.4, 0.5) is 11.4 Å². The number of nitrogen functional groups attached to an aromatic ring is 1. The molecule has 0 aliphatic carbocycles. The average Bonchev–Trinajstić information content (AvgIpc) is 2.38. The highest BCUT2D eigenvalue weighted by Gasteiger charge is 2.13. The molecule has 0 spiro atoms. The highest BCUT2D eigenvalue weighted by Crippen LogP contribution is 2.17. The van der Waals surface area contributed by atoms with E-state index in [1.54, 1.807) is 42.4 Å². The Balaban J connectivity index is 2.26. The van der Waals surface area contributed by atoms with Gasteiger partial charge in [-0.25, -0.2) is 0 Å². The molecule has 1 aromatic carbocycles. The van der Waals surface area contributed by atoms with Crippen LogP contribution in [0.5, 0.6) is 0 Å². The van der Waals surface area contributed by atoms with Crippen LogP contribution in [-0.2, 0) is 0 Å². The number of nitrogens with zero attached hydrogens (tertiary/aromatic N) is 2. The van der Waals surface area contributed by atoms with E-state index < -0.39 is 0 Å². The molecule has 4 nitrogen and oxygen atoms in total. The first-order valence-corrected chi connectivity index (χ1v) is 5.64. The van der Waals surface area contributed by atoms with Gasteiger partial charge in [0.2, 0.25) is 0 Å². The first-order valence-electron chi connectivity index (χ1n) is 5.64. The minimum atomic E-state index is -0.0646. The second kappa shape index (κ2) is 4.87. The number of carbonyl (C=O) groups excluding carboxylic acids is 1. The highest BCUT2D eigenvalue weighted by molar-refractivity contribution is 6.05. The summed E-state index contributed by atoms with van der Waals surface area (Å²) in [5.41, 5.74) is 8.56. The zero-order valence-corrected chi connectivity index (χ0v) is 10.4. The molecule has 0 fully saturated rings. The van der Waals surface area contributed by atoms with Gasteiger partial charge in [0.25, 0.3) is 5.91 Å². The Labute approximate surface area is 106 Å². The number of aromatic nitrogens is 1. The van der Waals surface area contributed by atoms with Crippen molar-refractivity contribution in [3.63, 3.8) is 0 Å². The summed E-state index contributed by atoms with van der Waals surface area (Å²) in [5, 5.41) is 0. The third-order valence-electron chi connectivity index (χ3n) is 2.73. The molecule has 0 aliphatic heterocycles. The SMILES string of the molecule is Cc1cc(C(=O)N(C)c2ccc(N)cc2)ccn1. The van der Waals surface area contributed by atoms with Crippen molar-refractivity contribution in [3.05, 3.63) is 53.9 Å². The fourth-order valence-corrected chi connectivity index (χ4v) is 1.69. The number of hydrogen-bond donors (Lipinski definition) is 1. The normalized spacial score (nSPS) is 10.1. The minimum Gasteiger partial charge on any atom is -0.399 e. The van der Waals surface area contributed by atoms with Gasteiger partial charge in [-0.1, -0.05) is 0 Å². The van der Waals surface area contributed by atoms with E-state index >= 15 is 0 Å². The van der Waals surface area contributed by atoms with Crippen LogP contribution in [0.1, 0.15) is 16.1 Å². The lowest BCUT2D eigenvalue weighted by Crippen LogP contribution is -2.26. The van der Waals surface area contributed by atoms with Crippen LogP contribution in [0, 0.1) is 6.92 Å². The van der Waals surface area contributed by atoms with Crippen LogP contribution < -0.4 is 10.6 Å². The molecule has 0 unspecified atom stereocenters. The van der Waals surface area contributed by atoms with Gasteiger partial charge in [0.15, 0.2) is 0 Å². The first kappa shape index (κ1) is 12.1. The average molecular weight is 241 g/mol. The van der Waals surface area contributed by atoms with E-state index in [4.69, 9.17) is 5.73 Å². The van der Waals surface area contributed by atoms with Crippen LogP contribution in [0.25, 0.3) is 0 Å². The first-order chi connectivity index (χ1) is 8.58. The molecule has 1 amide bonds. The Bertz CT molecular complexity index is 564. The molecule has 2 aromatic rings. The van der Waals surface area contributed by atoms with Crippen molar-refractivity contribution < 1.29 is 4.79 Å². The lowest BCUT2D eigenvalue weighted by atomic mass is 10.2. The summed E-state index contributed by atoms with van der Waals surface area (Å²) in [4.78, 5) is 17.9. The predicted molar refractivity (Wildman–Crippen MR) is 72.6 cm³/mol.